The van der Waals surface area contributed by atoms with E-state index in [1.54, 1.807) is 24.8 Å². The van der Waals surface area contributed by atoms with Crippen molar-refractivity contribution in [3.8, 4) is 0 Å². The highest BCUT2D eigenvalue weighted by Gasteiger charge is 2.09. The minimum absolute atomic E-state index is 0.305. The van der Waals surface area contributed by atoms with Gasteiger partial charge < -0.3 is 14.0 Å². The lowest BCUT2D eigenvalue weighted by Gasteiger charge is -1.97. The second kappa shape index (κ2) is 4.61. The van der Waals surface area contributed by atoms with Crippen LogP contribution in [0.4, 0.5) is 0 Å². The molecule has 0 aliphatic heterocycles. The number of carbonyl (C=O) groups is 1. The lowest BCUT2D eigenvalue weighted by Crippen LogP contribution is -2.04. The van der Waals surface area contributed by atoms with Crippen LogP contribution in [0.3, 0.4) is 0 Å². The zero-order valence-corrected chi connectivity index (χ0v) is 7.69. The molecule has 1 aromatic rings. The predicted octanol–water partition coefficient (Wildman–Crippen LogP) is 0.664. The van der Waals surface area contributed by atoms with Crippen LogP contribution in [0.1, 0.15) is 17.4 Å². The van der Waals surface area contributed by atoms with Crippen LogP contribution in [0.2, 0.25) is 0 Å². The van der Waals surface area contributed by atoms with Crippen LogP contribution >= 0.6 is 0 Å². The third-order valence-corrected chi connectivity index (χ3v) is 1.40. The molecule has 0 atom stereocenters. The summed E-state index contributed by atoms with van der Waals surface area (Å²) in [6, 6.07) is 0. The third kappa shape index (κ3) is 2.55. The van der Waals surface area contributed by atoms with Crippen LogP contribution in [-0.4, -0.2) is 29.2 Å². The molecule has 0 bridgehead atoms. The summed E-state index contributed by atoms with van der Waals surface area (Å²) in [5.74, 6) is -0.405. The topological polar surface area (TPSA) is 53.4 Å². The smallest absolute Gasteiger partial charge is 0.358 e. The number of ether oxygens (including phenoxy) is 2. The maximum atomic E-state index is 11.1. The van der Waals surface area contributed by atoms with E-state index in [1.807, 2.05) is 0 Å². The number of nitrogens with zero attached hydrogens (tertiary/aromatic N) is 2. The van der Waals surface area contributed by atoms with Gasteiger partial charge in [-0.3, -0.25) is 0 Å². The second-order valence-corrected chi connectivity index (χ2v) is 2.41. The Labute approximate surface area is 76.3 Å². The van der Waals surface area contributed by atoms with Crippen LogP contribution in [0.25, 0.3) is 0 Å². The standard InChI is InChI=1S/C8H12N2O3/c1-3-13-8(11)7-4-10(5-9-7)6-12-2/h4-5H,3,6H2,1-2H3. The first-order chi connectivity index (χ1) is 6.27. The molecule has 13 heavy (non-hydrogen) atoms. The van der Waals surface area contributed by atoms with E-state index in [0.29, 0.717) is 19.0 Å². The van der Waals surface area contributed by atoms with Crippen molar-refractivity contribution in [3.05, 3.63) is 18.2 Å². The fourth-order valence-electron chi connectivity index (χ4n) is 0.890. The highest BCUT2D eigenvalue weighted by molar-refractivity contribution is 5.86. The van der Waals surface area contributed by atoms with Crippen molar-refractivity contribution in [2.24, 2.45) is 0 Å². The number of rotatable bonds is 4. The molecule has 0 N–H and O–H groups in total. The monoisotopic (exact) mass is 184 g/mol. The lowest BCUT2D eigenvalue weighted by atomic mass is 10.5. The quantitative estimate of drug-likeness (QED) is 0.645. The van der Waals surface area contributed by atoms with E-state index in [1.165, 1.54) is 6.33 Å². The van der Waals surface area contributed by atoms with Crippen LogP contribution in [0.15, 0.2) is 12.5 Å². The summed E-state index contributed by atoms with van der Waals surface area (Å²) in [4.78, 5) is 15.0. The highest BCUT2D eigenvalue weighted by atomic mass is 16.5. The molecule has 1 heterocycles. The minimum Gasteiger partial charge on any atom is -0.461 e. The van der Waals surface area contributed by atoms with Gasteiger partial charge in [0.1, 0.15) is 6.73 Å². The van der Waals surface area contributed by atoms with Gasteiger partial charge in [-0.15, -0.1) is 0 Å². The first kappa shape index (κ1) is 9.73. The van der Waals surface area contributed by atoms with E-state index < -0.39 is 5.97 Å². The second-order valence-electron chi connectivity index (χ2n) is 2.41. The number of hydrogen-bond acceptors (Lipinski definition) is 4. The Bertz CT molecular complexity index is 283. The zero-order chi connectivity index (χ0) is 9.68. The number of imidazole rings is 1. The van der Waals surface area contributed by atoms with Gasteiger partial charge in [-0.25, -0.2) is 9.78 Å². The molecule has 0 aliphatic carbocycles. The van der Waals surface area contributed by atoms with Crippen molar-refractivity contribution in [1.82, 2.24) is 9.55 Å². The molecule has 72 valence electrons. The number of esters is 1. The molecular weight excluding hydrogens is 172 g/mol. The van der Waals surface area contributed by atoms with Gasteiger partial charge in [0.05, 0.1) is 12.9 Å². The van der Waals surface area contributed by atoms with Gasteiger partial charge in [-0.2, -0.15) is 0 Å². The summed E-state index contributed by atoms with van der Waals surface area (Å²) in [6.07, 6.45) is 3.11. The van der Waals surface area contributed by atoms with Gasteiger partial charge in [-0.1, -0.05) is 0 Å². The predicted molar refractivity (Wildman–Crippen MR) is 45.2 cm³/mol. The number of hydrogen-bond donors (Lipinski definition) is 0. The molecule has 0 aliphatic rings. The Morgan fingerprint density at radius 3 is 3.08 bits per heavy atom. The zero-order valence-electron chi connectivity index (χ0n) is 7.69. The lowest BCUT2D eigenvalue weighted by molar-refractivity contribution is 0.0519. The molecular formula is C8H12N2O3. The van der Waals surface area contributed by atoms with E-state index in [-0.39, 0.29) is 0 Å². The molecule has 0 spiro atoms. The summed E-state index contributed by atoms with van der Waals surface area (Å²) in [5.41, 5.74) is 0.305. The van der Waals surface area contributed by atoms with Crippen molar-refractivity contribution >= 4 is 5.97 Å². The van der Waals surface area contributed by atoms with E-state index in [0.717, 1.165) is 0 Å². The van der Waals surface area contributed by atoms with E-state index in [2.05, 4.69) is 4.98 Å². The molecule has 5 heteroatoms. The number of methoxy groups -OCH3 is 1. The Balaban J connectivity index is 2.62. The molecule has 0 aromatic carbocycles. The van der Waals surface area contributed by atoms with Crippen LogP contribution in [0, 0.1) is 0 Å². The van der Waals surface area contributed by atoms with E-state index in [9.17, 15) is 4.79 Å². The number of carbonyl (C=O) groups excluding carboxylic acids is 1. The molecule has 0 radical (unpaired) electrons. The van der Waals surface area contributed by atoms with Crippen molar-refractivity contribution in [3.63, 3.8) is 0 Å². The van der Waals surface area contributed by atoms with Gasteiger partial charge >= 0.3 is 5.97 Å². The summed E-state index contributed by atoms with van der Waals surface area (Å²) < 4.78 is 11.3. The molecule has 0 fully saturated rings. The average molecular weight is 184 g/mol. The van der Waals surface area contributed by atoms with Crippen molar-refractivity contribution in [1.29, 1.82) is 0 Å². The average Bonchev–Trinajstić information content (AvgIpc) is 2.54. The first-order valence-corrected chi connectivity index (χ1v) is 3.95. The molecule has 0 saturated carbocycles. The van der Waals surface area contributed by atoms with Gasteiger partial charge in [0, 0.05) is 13.3 Å². The van der Waals surface area contributed by atoms with Gasteiger partial charge in [0.2, 0.25) is 0 Å². The maximum absolute atomic E-state index is 11.1. The maximum Gasteiger partial charge on any atom is 0.358 e. The Morgan fingerprint density at radius 1 is 1.69 bits per heavy atom. The Hall–Kier alpha value is -1.36. The number of aromatic nitrogens is 2. The molecule has 1 rings (SSSR count). The Kier molecular flexibility index (Phi) is 3.45. The van der Waals surface area contributed by atoms with Gasteiger partial charge in [0.25, 0.3) is 0 Å². The fourth-order valence-corrected chi connectivity index (χ4v) is 0.890. The van der Waals surface area contributed by atoms with Crippen molar-refractivity contribution < 1.29 is 14.3 Å². The third-order valence-electron chi connectivity index (χ3n) is 1.40. The van der Waals surface area contributed by atoms with Crippen molar-refractivity contribution in [2.45, 2.75) is 13.7 Å². The van der Waals surface area contributed by atoms with E-state index in [4.69, 9.17) is 9.47 Å². The van der Waals surface area contributed by atoms with Crippen LogP contribution < -0.4 is 0 Å². The van der Waals surface area contributed by atoms with Gasteiger partial charge in [0.15, 0.2) is 5.69 Å². The molecule has 0 amide bonds. The Morgan fingerprint density at radius 2 is 2.46 bits per heavy atom. The van der Waals surface area contributed by atoms with Crippen LogP contribution in [-0.2, 0) is 16.2 Å². The molecule has 0 saturated heterocycles. The first-order valence-electron chi connectivity index (χ1n) is 3.95. The van der Waals surface area contributed by atoms with Crippen LogP contribution in [0.5, 0.6) is 0 Å². The summed E-state index contributed by atoms with van der Waals surface area (Å²) in [7, 11) is 1.57. The minimum atomic E-state index is -0.405. The molecule has 0 unspecified atom stereocenters. The summed E-state index contributed by atoms with van der Waals surface area (Å²) in [5, 5.41) is 0. The van der Waals surface area contributed by atoms with E-state index >= 15 is 0 Å². The summed E-state index contributed by atoms with van der Waals surface area (Å²) >= 11 is 0. The van der Waals surface area contributed by atoms with Crippen molar-refractivity contribution in [2.75, 3.05) is 13.7 Å². The molecule has 1 aromatic heterocycles. The highest BCUT2D eigenvalue weighted by Crippen LogP contribution is 1.98. The summed E-state index contributed by atoms with van der Waals surface area (Å²) in [6.45, 7) is 2.49. The fraction of sp³-hybridized carbons (Fsp3) is 0.500. The molecule has 5 nitrogen and oxygen atoms in total. The van der Waals surface area contributed by atoms with Gasteiger partial charge in [-0.05, 0) is 6.92 Å². The largest absolute Gasteiger partial charge is 0.461 e. The SMILES string of the molecule is CCOC(=O)c1cn(COC)cn1. The normalized spacial score (nSPS) is 10.0.